The fraction of sp³-hybridized carbons (Fsp3) is 0.391. The Labute approximate surface area is 181 Å². The molecule has 1 unspecified atom stereocenters. The van der Waals surface area contributed by atoms with Gasteiger partial charge in [0.05, 0.1) is 13.7 Å². The Balaban J connectivity index is 1.85. The van der Waals surface area contributed by atoms with E-state index in [4.69, 9.17) is 18.9 Å². The van der Waals surface area contributed by atoms with Crippen molar-refractivity contribution in [2.45, 2.75) is 38.9 Å². The molecule has 31 heavy (non-hydrogen) atoms. The van der Waals surface area contributed by atoms with Gasteiger partial charge in [-0.2, -0.15) is 0 Å². The number of hydrogen-bond donors (Lipinski definition) is 1. The van der Waals surface area contributed by atoms with Crippen molar-refractivity contribution >= 4 is 12.1 Å². The van der Waals surface area contributed by atoms with Gasteiger partial charge in [-0.3, -0.25) is 0 Å². The van der Waals surface area contributed by atoms with E-state index >= 15 is 0 Å². The highest BCUT2D eigenvalue weighted by atomic mass is 19.1. The smallest absolute Gasteiger partial charge is 0.407 e. The first kappa shape index (κ1) is 24.0. The van der Waals surface area contributed by atoms with Gasteiger partial charge in [-0.25, -0.2) is 14.0 Å². The van der Waals surface area contributed by atoms with Gasteiger partial charge in [0.15, 0.2) is 6.10 Å². The Morgan fingerprint density at radius 1 is 1.00 bits per heavy atom. The Bertz CT molecular complexity index is 846. The van der Waals surface area contributed by atoms with Crippen LogP contribution >= 0.6 is 0 Å². The van der Waals surface area contributed by atoms with E-state index in [0.717, 1.165) is 5.56 Å². The minimum absolute atomic E-state index is 0.268. The molecular formula is C23H28FNO6. The molecule has 0 saturated carbocycles. The minimum Gasteiger partial charge on any atom is -0.492 e. The molecule has 2 aromatic rings. The van der Waals surface area contributed by atoms with E-state index in [-0.39, 0.29) is 18.8 Å². The largest absolute Gasteiger partial charge is 0.492 e. The summed E-state index contributed by atoms with van der Waals surface area (Å²) in [6.45, 7) is 5.95. The second-order valence-electron chi connectivity index (χ2n) is 7.71. The van der Waals surface area contributed by atoms with Gasteiger partial charge in [0.2, 0.25) is 0 Å². The fourth-order valence-corrected chi connectivity index (χ4v) is 2.55. The molecule has 0 aromatic heterocycles. The van der Waals surface area contributed by atoms with Crippen LogP contribution in [0.25, 0.3) is 0 Å². The van der Waals surface area contributed by atoms with Crippen molar-refractivity contribution in [2.24, 2.45) is 0 Å². The Hall–Kier alpha value is -3.29. The van der Waals surface area contributed by atoms with Gasteiger partial charge in [-0.1, -0.05) is 12.1 Å². The number of carbonyl (C=O) groups is 2. The number of benzene rings is 2. The lowest BCUT2D eigenvalue weighted by Crippen LogP contribution is -2.34. The third-order valence-corrected chi connectivity index (χ3v) is 3.94. The van der Waals surface area contributed by atoms with Crippen molar-refractivity contribution in [1.82, 2.24) is 5.32 Å². The van der Waals surface area contributed by atoms with Crippen LogP contribution < -0.4 is 14.8 Å². The van der Waals surface area contributed by atoms with E-state index in [1.165, 1.54) is 31.4 Å². The summed E-state index contributed by atoms with van der Waals surface area (Å²) in [6, 6.07) is 12.5. The van der Waals surface area contributed by atoms with E-state index in [1.54, 1.807) is 45.0 Å². The van der Waals surface area contributed by atoms with Crippen LogP contribution in [0.4, 0.5) is 9.18 Å². The van der Waals surface area contributed by atoms with Crippen LogP contribution in [0.15, 0.2) is 48.5 Å². The van der Waals surface area contributed by atoms with Gasteiger partial charge in [0.25, 0.3) is 0 Å². The summed E-state index contributed by atoms with van der Waals surface area (Å²) in [6.07, 6.45) is -1.11. The van der Waals surface area contributed by atoms with E-state index < -0.39 is 23.8 Å². The van der Waals surface area contributed by atoms with Crippen molar-refractivity contribution < 1.29 is 32.9 Å². The number of hydrogen-bond acceptors (Lipinski definition) is 6. The van der Waals surface area contributed by atoms with Crippen molar-refractivity contribution in [3.05, 3.63) is 59.9 Å². The van der Waals surface area contributed by atoms with Gasteiger partial charge in [-0.15, -0.1) is 0 Å². The molecule has 168 valence electrons. The minimum atomic E-state index is -0.875. The second-order valence-corrected chi connectivity index (χ2v) is 7.71. The fourth-order valence-electron chi connectivity index (χ4n) is 2.55. The van der Waals surface area contributed by atoms with Gasteiger partial charge < -0.3 is 24.3 Å². The van der Waals surface area contributed by atoms with Gasteiger partial charge in [0.1, 0.15) is 29.5 Å². The molecule has 0 aliphatic carbocycles. The molecule has 0 saturated heterocycles. The summed E-state index contributed by atoms with van der Waals surface area (Å²) in [4.78, 5) is 23.7. The molecule has 1 N–H and O–H groups in total. The molecule has 8 heteroatoms. The topological polar surface area (TPSA) is 83.1 Å². The molecule has 0 fully saturated rings. The number of amides is 1. The third-order valence-electron chi connectivity index (χ3n) is 3.94. The Morgan fingerprint density at radius 3 is 2.19 bits per heavy atom. The quantitative estimate of drug-likeness (QED) is 0.477. The number of alkyl carbamates (subject to hydrolysis) is 1. The highest BCUT2D eigenvalue weighted by Gasteiger charge is 2.22. The average Bonchev–Trinajstić information content (AvgIpc) is 2.71. The molecule has 0 spiro atoms. The number of methoxy groups -OCH3 is 1. The Morgan fingerprint density at radius 2 is 1.61 bits per heavy atom. The number of halogens is 1. The van der Waals surface area contributed by atoms with Crippen LogP contribution in [-0.2, 0) is 20.7 Å². The second kappa shape index (κ2) is 11.2. The lowest BCUT2D eigenvalue weighted by atomic mass is 10.1. The number of rotatable bonds is 9. The molecule has 0 radical (unpaired) electrons. The maximum atomic E-state index is 13.1. The zero-order valence-corrected chi connectivity index (χ0v) is 18.1. The maximum absolute atomic E-state index is 13.1. The van der Waals surface area contributed by atoms with Crippen molar-refractivity contribution in [3.63, 3.8) is 0 Å². The average molecular weight is 433 g/mol. The molecular weight excluding hydrogens is 405 g/mol. The number of carbonyl (C=O) groups excluding carboxylic acids is 2. The highest BCUT2D eigenvalue weighted by molar-refractivity contribution is 5.75. The molecule has 1 atom stereocenters. The van der Waals surface area contributed by atoms with E-state index in [1.807, 2.05) is 0 Å². The number of ether oxygens (including phenoxy) is 4. The van der Waals surface area contributed by atoms with E-state index in [0.29, 0.717) is 18.0 Å². The molecule has 0 heterocycles. The van der Waals surface area contributed by atoms with E-state index in [9.17, 15) is 14.0 Å². The lowest BCUT2D eigenvalue weighted by molar-refractivity contribution is -0.148. The first-order valence-electron chi connectivity index (χ1n) is 9.85. The summed E-state index contributed by atoms with van der Waals surface area (Å²) in [7, 11) is 1.28. The number of nitrogens with one attached hydrogen (secondary N) is 1. The zero-order valence-electron chi connectivity index (χ0n) is 18.1. The van der Waals surface area contributed by atoms with Crippen LogP contribution in [0, 0.1) is 5.82 Å². The SMILES string of the molecule is COC(=O)C(Cc1ccc(OCCNC(=O)OC(C)(C)C)cc1)Oc1ccc(F)cc1. The summed E-state index contributed by atoms with van der Waals surface area (Å²) in [5.74, 6) is 0.0646. The number of esters is 1. The van der Waals surface area contributed by atoms with Gasteiger partial charge in [0, 0.05) is 6.42 Å². The lowest BCUT2D eigenvalue weighted by Gasteiger charge is -2.19. The molecule has 7 nitrogen and oxygen atoms in total. The Kier molecular flexibility index (Phi) is 8.66. The zero-order chi connectivity index (χ0) is 22.9. The summed E-state index contributed by atoms with van der Waals surface area (Å²) < 4.78 is 34.3. The predicted molar refractivity (Wildman–Crippen MR) is 113 cm³/mol. The van der Waals surface area contributed by atoms with Crippen molar-refractivity contribution in [3.8, 4) is 11.5 Å². The first-order valence-corrected chi connectivity index (χ1v) is 9.85. The van der Waals surface area contributed by atoms with Crippen LogP contribution in [0.1, 0.15) is 26.3 Å². The van der Waals surface area contributed by atoms with Gasteiger partial charge in [-0.05, 0) is 62.7 Å². The third kappa shape index (κ3) is 8.94. The molecule has 0 aliphatic rings. The van der Waals surface area contributed by atoms with Crippen LogP contribution in [-0.4, -0.2) is 44.0 Å². The van der Waals surface area contributed by atoms with Crippen molar-refractivity contribution in [1.29, 1.82) is 0 Å². The van der Waals surface area contributed by atoms with Gasteiger partial charge >= 0.3 is 12.1 Å². The van der Waals surface area contributed by atoms with Crippen LogP contribution in [0.3, 0.4) is 0 Å². The normalized spacial score (nSPS) is 11.9. The van der Waals surface area contributed by atoms with Crippen LogP contribution in [0.5, 0.6) is 11.5 Å². The predicted octanol–water partition coefficient (Wildman–Crippen LogP) is 3.89. The summed E-state index contributed by atoms with van der Waals surface area (Å²) in [5, 5.41) is 2.61. The maximum Gasteiger partial charge on any atom is 0.407 e. The standard InChI is InChI=1S/C23H28FNO6/c1-23(2,3)31-22(27)25-13-14-29-18-9-5-16(6-10-18)15-20(21(26)28-4)30-19-11-7-17(24)8-12-19/h5-12,20H,13-15H2,1-4H3,(H,25,27). The monoisotopic (exact) mass is 433 g/mol. The molecule has 0 aliphatic heterocycles. The summed E-state index contributed by atoms with van der Waals surface area (Å²) in [5.41, 5.74) is 0.278. The van der Waals surface area contributed by atoms with Crippen LogP contribution in [0.2, 0.25) is 0 Å². The highest BCUT2D eigenvalue weighted by Crippen LogP contribution is 2.18. The van der Waals surface area contributed by atoms with Crippen molar-refractivity contribution in [2.75, 3.05) is 20.3 Å². The summed E-state index contributed by atoms with van der Waals surface area (Å²) >= 11 is 0. The molecule has 2 aromatic carbocycles. The first-order chi connectivity index (χ1) is 14.7. The molecule has 1 amide bonds. The molecule has 2 rings (SSSR count). The van der Waals surface area contributed by atoms with E-state index in [2.05, 4.69) is 5.32 Å². The molecule has 0 bridgehead atoms.